The smallest absolute Gasteiger partial charge is 0.135 e. The first kappa shape index (κ1) is 19.7. The van der Waals surface area contributed by atoms with Gasteiger partial charge in [0, 0.05) is 29.1 Å². The van der Waals surface area contributed by atoms with Crippen molar-refractivity contribution < 1.29 is 5.11 Å². The Labute approximate surface area is 162 Å². The molecule has 3 N–H and O–H groups in total. The van der Waals surface area contributed by atoms with Crippen LogP contribution in [0, 0.1) is 0 Å². The van der Waals surface area contributed by atoms with E-state index in [-0.39, 0.29) is 34.0 Å². The van der Waals surface area contributed by atoms with Crippen molar-refractivity contribution in [2.75, 3.05) is 12.0 Å². The first-order valence-electron chi connectivity index (χ1n) is 9.50. The van der Waals surface area contributed by atoms with E-state index < -0.39 is 0 Å². The van der Waals surface area contributed by atoms with Crippen molar-refractivity contribution in [1.82, 2.24) is 15.6 Å². The summed E-state index contributed by atoms with van der Waals surface area (Å²) in [6.07, 6.45) is 8.88. The molecule has 0 radical (unpaired) electrons. The SMILES string of the molecule is CCCC(CC(Br)C(C)O)NC1=NC2CS(C)=NN2[C@H](NC2CC2)C1. The molecule has 3 rings (SSSR count). The molecule has 6 atom stereocenters. The van der Waals surface area contributed by atoms with E-state index in [1.807, 2.05) is 6.92 Å². The number of alkyl halides is 1. The molecular weight excluding hydrogens is 402 g/mol. The largest absolute Gasteiger partial charge is 0.392 e. The number of halogens is 1. The fraction of sp³-hybridized carbons (Fsp3) is 0.941. The third-order valence-electron chi connectivity index (χ3n) is 4.99. The van der Waals surface area contributed by atoms with Gasteiger partial charge in [0.05, 0.1) is 12.3 Å². The Bertz CT molecular complexity index is 525. The number of amidine groups is 1. The number of hydrogen-bond donors (Lipinski definition) is 3. The van der Waals surface area contributed by atoms with Gasteiger partial charge < -0.3 is 10.4 Å². The Hall–Kier alpha value is -0.0200. The number of rotatable bonds is 8. The Morgan fingerprint density at radius 1 is 1.44 bits per heavy atom. The lowest BCUT2D eigenvalue weighted by molar-refractivity contribution is 0.131. The van der Waals surface area contributed by atoms with Gasteiger partial charge in [-0.25, -0.2) is 0 Å². The minimum atomic E-state index is -0.343. The van der Waals surface area contributed by atoms with Gasteiger partial charge in [-0.3, -0.25) is 10.3 Å². The third-order valence-corrected chi connectivity index (χ3v) is 7.37. The van der Waals surface area contributed by atoms with Crippen LogP contribution in [0.3, 0.4) is 0 Å². The van der Waals surface area contributed by atoms with Gasteiger partial charge in [-0.15, -0.1) is 0 Å². The summed E-state index contributed by atoms with van der Waals surface area (Å²) in [6.45, 7) is 4.05. The zero-order chi connectivity index (χ0) is 18.0. The van der Waals surface area contributed by atoms with E-state index in [0.29, 0.717) is 12.1 Å². The molecule has 0 bridgehead atoms. The van der Waals surface area contributed by atoms with Crippen molar-refractivity contribution in [2.24, 2.45) is 9.46 Å². The minimum Gasteiger partial charge on any atom is -0.392 e. The van der Waals surface area contributed by atoms with Crippen molar-refractivity contribution in [2.45, 2.75) is 87.7 Å². The van der Waals surface area contributed by atoms with Crippen molar-refractivity contribution in [3.63, 3.8) is 0 Å². The van der Waals surface area contributed by atoms with Crippen LogP contribution in [0.25, 0.3) is 0 Å². The zero-order valence-electron chi connectivity index (χ0n) is 15.5. The molecule has 2 aliphatic heterocycles. The van der Waals surface area contributed by atoms with Gasteiger partial charge in [0.2, 0.25) is 0 Å². The van der Waals surface area contributed by atoms with Crippen LogP contribution in [0.2, 0.25) is 0 Å². The van der Waals surface area contributed by atoms with Gasteiger partial charge in [-0.05, 0) is 38.9 Å². The van der Waals surface area contributed by atoms with Crippen LogP contribution in [0.1, 0.15) is 52.4 Å². The highest BCUT2D eigenvalue weighted by Crippen LogP contribution is 2.27. The molecule has 6 nitrogen and oxygen atoms in total. The molecule has 0 aromatic rings. The van der Waals surface area contributed by atoms with Crippen LogP contribution in [0.4, 0.5) is 0 Å². The molecule has 8 heteroatoms. The molecule has 2 heterocycles. The first-order valence-corrected chi connectivity index (χ1v) is 12.2. The summed E-state index contributed by atoms with van der Waals surface area (Å²) >= 11 is 3.62. The summed E-state index contributed by atoms with van der Waals surface area (Å²) in [5, 5.41) is 19.5. The van der Waals surface area contributed by atoms with Crippen LogP contribution in [0.5, 0.6) is 0 Å². The number of aliphatic hydroxyl groups excluding tert-OH is 1. The first-order chi connectivity index (χ1) is 12.0. The molecule has 0 saturated heterocycles. The maximum Gasteiger partial charge on any atom is 0.135 e. The molecule has 0 aromatic carbocycles. The normalized spacial score (nSPS) is 33.2. The summed E-state index contributed by atoms with van der Waals surface area (Å²) < 4.78 is 4.82. The quantitative estimate of drug-likeness (QED) is 0.512. The predicted octanol–water partition coefficient (Wildman–Crippen LogP) is 2.15. The lowest BCUT2D eigenvalue weighted by Crippen LogP contribution is -2.54. The Balaban J connectivity index is 1.66. The molecule has 0 amide bonds. The molecule has 144 valence electrons. The van der Waals surface area contributed by atoms with Gasteiger partial charge in [-0.2, -0.15) is 9.48 Å². The van der Waals surface area contributed by atoms with E-state index in [2.05, 4.69) is 44.8 Å². The fourth-order valence-corrected chi connectivity index (χ4v) is 5.19. The summed E-state index contributed by atoms with van der Waals surface area (Å²) in [5.74, 6) is 2.14. The highest BCUT2D eigenvalue weighted by molar-refractivity contribution is 9.09. The number of fused-ring (bicyclic) bond motifs is 1. The summed E-state index contributed by atoms with van der Waals surface area (Å²) in [5.41, 5.74) is 0. The molecule has 1 fully saturated rings. The van der Waals surface area contributed by atoms with Crippen molar-refractivity contribution in [3.05, 3.63) is 0 Å². The fourth-order valence-electron chi connectivity index (χ4n) is 3.47. The number of nitrogens with zero attached hydrogens (tertiary/aromatic N) is 3. The number of aliphatic imine (C=N–C) groups is 1. The maximum atomic E-state index is 9.81. The molecule has 1 aliphatic carbocycles. The Kier molecular flexibility index (Phi) is 6.93. The van der Waals surface area contributed by atoms with Gasteiger partial charge >= 0.3 is 0 Å². The van der Waals surface area contributed by atoms with Gasteiger partial charge in [0.25, 0.3) is 0 Å². The van der Waals surface area contributed by atoms with Gasteiger partial charge in [0.15, 0.2) is 0 Å². The molecule has 5 unspecified atom stereocenters. The third kappa shape index (κ3) is 5.48. The monoisotopic (exact) mass is 433 g/mol. The molecule has 3 aliphatic rings. The Morgan fingerprint density at radius 2 is 2.20 bits per heavy atom. The van der Waals surface area contributed by atoms with Crippen LogP contribution in [0.15, 0.2) is 9.46 Å². The van der Waals surface area contributed by atoms with Crippen molar-refractivity contribution in [3.8, 4) is 0 Å². The predicted molar refractivity (Wildman–Crippen MR) is 109 cm³/mol. The minimum absolute atomic E-state index is 0.0813. The van der Waals surface area contributed by atoms with E-state index in [4.69, 9.17) is 9.46 Å². The molecule has 0 spiro atoms. The topological polar surface area (TPSA) is 72.2 Å². The Morgan fingerprint density at radius 3 is 2.84 bits per heavy atom. The van der Waals surface area contributed by atoms with Gasteiger partial charge in [0.1, 0.15) is 12.0 Å². The second kappa shape index (κ2) is 8.78. The average molecular weight is 434 g/mol. The number of hydrogen-bond acceptors (Lipinski definition) is 6. The number of aliphatic hydroxyl groups is 1. The van der Waals surface area contributed by atoms with Crippen LogP contribution >= 0.6 is 15.9 Å². The summed E-state index contributed by atoms with van der Waals surface area (Å²) in [4.78, 5) is 5.08. The van der Waals surface area contributed by atoms with E-state index in [0.717, 1.165) is 37.3 Å². The van der Waals surface area contributed by atoms with Gasteiger partial charge in [-0.1, -0.05) is 40.0 Å². The van der Waals surface area contributed by atoms with Crippen molar-refractivity contribution in [1.29, 1.82) is 0 Å². The average Bonchev–Trinajstić information content (AvgIpc) is 3.27. The highest BCUT2D eigenvalue weighted by Gasteiger charge is 2.39. The number of nitrogens with one attached hydrogen (secondary N) is 2. The van der Waals surface area contributed by atoms with E-state index in [1.54, 1.807) is 0 Å². The van der Waals surface area contributed by atoms with Crippen LogP contribution in [-0.4, -0.2) is 63.3 Å². The van der Waals surface area contributed by atoms with Crippen molar-refractivity contribution >= 4 is 32.5 Å². The van der Waals surface area contributed by atoms with E-state index >= 15 is 0 Å². The second-order valence-electron chi connectivity index (χ2n) is 7.57. The van der Waals surface area contributed by atoms with E-state index in [1.165, 1.54) is 12.8 Å². The lowest BCUT2D eigenvalue weighted by Gasteiger charge is -2.35. The van der Waals surface area contributed by atoms with Crippen LogP contribution < -0.4 is 10.6 Å². The second-order valence-corrected chi connectivity index (χ2v) is 10.4. The molecule has 0 aromatic heterocycles. The summed E-state index contributed by atoms with van der Waals surface area (Å²) in [7, 11) is 0.0813. The van der Waals surface area contributed by atoms with Crippen LogP contribution in [-0.2, 0) is 10.7 Å². The zero-order valence-corrected chi connectivity index (χ0v) is 17.9. The molecular formula is C17H32BrN5OS. The van der Waals surface area contributed by atoms with E-state index in [9.17, 15) is 5.11 Å². The molecule has 1 saturated carbocycles. The lowest BCUT2D eigenvalue weighted by atomic mass is 10.0. The maximum absolute atomic E-state index is 9.81. The standard InChI is InChI=1S/C17H32BrN5OS/c1-4-5-13(8-14(18)11(2)24)19-15-9-16(20-12-6-7-12)23-17(21-15)10-25(3)22-23/h11-14,16-17,20,24H,4-10H2,1-3H3,(H,19,21)/t11?,13?,14?,16-,17?,25?/m0/s1. The summed E-state index contributed by atoms with van der Waals surface area (Å²) in [6, 6.07) is 1.00. The molecule has 25 heavy (non-hydrogen) atoms. The highest BCUT2D eigenvalue weighted by atomic mass is 79.9.